The number of aliphatic hydroxyl groups excluding tert-OH is 1. The van der Waals surface area contributed by atoms with Crippen LogP contribution < -0.4 is 15.4 Å². The number of allylic oxidation sites excluding steroid dienone is 1. The zero-order chi connectivity index (χ0) is 20.1. The highest BCUT2D eigenvalue weighted by atomic mass is 16.5. The lowest BCUT2D eigenvalue weighted by Crippen LogP contribution is -2.35. The van der Waals surface area contributed by atoms with Gasteiger partial charge in [0, 0.05) is 24.7 Å². The molecule has 5 nitrogen and oxygen atoms in total. The number of hydrogen-bond acceptors (Lipinski definition) is 4. The molecule has 0 heterocycles. The summed E-state index contributed by atoms with van der Waals surface area (Å²) in [6.45, 7) is 11.4. The number of nitrogens with one attached hydrogen (secondary N) is 2. The van der Waals surface area contributed by atoms with Crippen LogP contribution in [0.2, 0.25) is 0 Å². The highest BCUT2D eigenvalue weighted by Crippen LogP contribution is 2.21. The minimum atomic E-state index is -0.588. The summed E-state index contributed by atoms with van der Waals surface area (Å²) >= 11 is 0. The topological polar surface area (TPSA) is 70.6 Å². The molecule has 1 unspecified atom stereocenters. The van der Waals surface area contributed by atoms with E-state index in [0.29, 0.717) is 36.9 Å². The summed E-state index contributed by atoms with van der Waals surface area (Å²) < 4.78 is 5.77. The summed E-state index contributed by atoms with van der Waals surface area (Å²) in [4.78, 5) is 12.3. The summed E-state index contributed by atoms with van der Waals surface area (Å²) in [6.07, 6.45) is 6.32. The SMILES string of the molecule is C=CCc1cc(C(=O)NCCCCCC)ccc1OCC(O)CNC(C)C. The molecule has 0 spiro atoms. The lowest BCUT2D eigenvalue weighted by Gasteiger charge is -2.17. The first-order chi connectivity index (χ1) is 13.0. The Morgan fingerprint density at radius 3 is 2.74 bits per heavy atom. The number of ether oxygens (including phenoxy) is 1. The molecule has 1 atom stereocenters. The van der Waals surface area contributed by atoms with Gasteiger partial charge in [0.05, 0.1) is 0 Å². The van der Waals surface area contributed by atoms with Crippen LogP contribution in [0.4, 0.5) is 0 Å². The zero-order valence-corrected chi connectivity index (χ0v) is 17.1. The van der Waals surface area contributed by atoms with Gasteiger partial charge in [0.2, 0.25) is 0 Å². The Kier molecular flexibility index (Phi) is 11.5. The third kappa shape index (κ3) is 9.59. The van der Waals surface area contributed by atoms with Gasteiger partial charge < -0.3 is 20.5 Å². The molecule has 0 aromatic heterocycles. The van der Waals surface area contributed by atoms with Crippen molar-refractivity contribution in [2.24, 2.45) is 0 Å². The summed E-state index contributed by atoms with van der Waals surface area (Å²) in [6, 6.07) is 5.72. The van der Waals surface area contributed by atoms with E-state index in [9.17, 15) is 9.90 Å². The quantitative estimate of drug-likeness (QED) is 0.343. The van der Waals surface area contributed by atoms with Crippen LogP contribution >= 0.6 is 0 Å². The molecule has 0 saturated heterocycles. The van der Waals surface area contributed by atoms with E-state index in [1.54, 1.807) is 18.2 Å². The van der Waals surface area contributed by atoms with Crippen molar-refractivity contribution in [3.8, 4) is 5.75 Å². The molecule has 1 aromatic carbocycles. The average molecular weight is 377 g/mol. The number of carbonyl (C=O) groups is 1. The molecule has 5 heteroatoms. The number of benzene rings is 1. The number of rotatable bonds is 14. The first-order valence-corrected chi connectivity index (χ1v) is 10.0. The average Bonchev–Trinajstić information content (AvgIpc) is 2.65. The van der Waals surface area contributed by atoms with Crippen molar-refractivity contribution in [2.45, 2.75) is 65.0 Å². The Bertz CT molecular complexity index is 573. The van der Waals surface area contributed by atoms with Gasteiger partial charge in [0.25, 0.3) is 5.91 Å². The van der Waals surface area contributed by atoms with Crippen molar-refractivity contribution in [3.05, 3.63) is 42.0 Å². The molecule has 0 saturated carbocycles. The number of amides is 1. The Labute approximate surface area is 164 Å². The number of aliphatic hydroxyl groups is 1. The van der Waals surface area contributed by atoms with E-state index < -0.39 is 6.10 Å². The Hall–Kier alpha value is -1.85. The van der Waals surface area contributed by atoms with Gasteiger partial charge in [-0.05, 0) is 36.6 Å². The lowest BCUT2D eigenvalue weighted by atomic mass is 10.1. The van der Waals surface area contributed by atoms with Crippen LogP contribution in [0.3, 0.4) is 0 Å². The van der Waals surface area contributed by atoms with Gasteiger partial charge >= 0.3 is 0 Å². The van der Waals surface area contributed by atoms with Crippen LogP contribution in [-0.4, -0.2) is 42.9 Å². The predicted octanol–water partition coefficient (Wildman–Crippen LogP) is 3.46. The molecular formula is C22H36N2O3. The van der Waals surface area contributed by atoms with Gasteiger partial charge in [-0.3, -0.25) is 4.79 Å². The maximum atomic E-state index is 12.3. The van der Waals surface area contributed by atoms with Crippen molar-refractivity contribution in [1.29, 1.82) is 0 Å². The molecule has 0 aliphatic carbocycles. The number of carbonyl (C=O) groups excluding carboxylic acids is 1. The van der Waals surface area contributed by atoms with Crippen LogP contribution in [0.15, 0.2) is 30.9 Å². The van der Waals surface area contributed by atoms with Gasteiger partial charge in [-0.1, -0.05) is 46.1 Å². The molecule has 1 aromatic rings. The van der Waals surface area contributed by atoms with Gasteiger partial charge in [-0.25, -0.2) is 0 Å². The Balaban J connectivity index is 2.62. The smallest absolute Gasteiger partial charge is 0.251 e. The van der Waals surface area contributed by atoms with Gasteiger partial charge in [0.1, 0.15) is 18.5 Å². The minimum absolute atomic E-state index is 0.0653. The Morgan fingerprint density at radius 1 is 1.30 bits per heavy atom. The first-order valence-electron chi connectivity index (χ1n) is 10.0. The van der Waals surface area contributed by atoms with Crippen molar-refractivity contribution in [3.63, 3.8) is 0 Å². The second kappa shape index (κ2) is 13.3. The van der Waals surface area contributed by atoms with Crippen molar-refractivity contribution >= 4 is 5.91 Å². The summed E-state index contributed by atoms with van der Waals surface area (Å²) in [5.41, 5.74) is 1.52. The third-order valence-corrected chi connectivity index (χ3v) is 4.20. The standard InChI is InChI=1S/C22H36N2O3/c1-5-7-8-9-13-23-22(26)19-11-12-21(18(14-19)10-6-2)27-16-20(25)15-24-17(3)4/h6,11-12,14,17,20,24-25H,2,5,7-10,13,15-16H2,1,3-4H3,(H,23,26). The minimum Gasteiger partial charge on any atom is -0.491 e. The highest BCUT2D eigenvalue weighted by Gasteiger charge is 2.12. The van der Waals surface area contributed by atoms with Gasteiger partial charge in [0.15, 0.2) is 0 Å². The Morgan fingerprint density at radius 2 is 2.07 bits per heavy atom. The molecule has 27 heavy (non-hydrogen) atoms. The van der Waals surface area contributed by atoms with Gasteiger partial charge in [-0.2, -0.15) is 0 Å². The molecular weight excluding hydrogens is 340 g/mol. The fraction of sp³-hybridized carbons (Fsp3) is 0.591. The maximum Gasteiger partial charge on any atom is 0.251 e. The van der Waals surface area contributed by atoms with Crippen LogP contribution in [0, 0.1) is 0 Å². The van der Waals surface area contributed by atoms with E-state index in [1.807, 2.05) is 19.9 Å². The van der Waals surface area contributed by atoms with E-state index in [2.05, 4.69) is 24.1 Å². The molecule has 3 N–H and O–H groups in total. The van der Waals surface area contributed by atoms with E-state index in [-0.39, 0.29) is 12.5 Å². The number of hydrogen-bond donors (Lipinski definition) is 3. The van der Waals surface area contributed by atoms with Crippen LogP contribution in [-0.2, 0) is 6.42 Å². The van der Waals surface area contributed by atoms with E-state index in [0.717, 1.165) is 18.4 Å². The molecule has 0 fully saturated rings. The van der Waals surface area contributed by atoms with E-state index >= 15 is 0 Å². The first kappa shape index (κ1) is 23.2. The van der Waals surface area contributed by atoms with E-state index in [4.69, 9.17) is 4.74 Å². The molecule has 152 valence electrons. The summed E-state index contributed by atoms with van der Waals surface area (Å²) in [7, 11) is 0. The van der Waals surface area contributed by atoms with Crippen molar-refractivity contribution in [2.75, 3.05) is 19.7 Å². The third-order valence-electron chi connectivity index (χ3n) is 4.20. The zero-order valence-electron chi connectivity index (χ0n) is 17.1. The lowest BCUT2D eigenvalue weighted by molar-refractivity contribution is 0.0951. The fourth-order valence-electron chi connectivity index (χ4n) is 2.65. The monoisotopic (exact) mass is 376 g/mol. The molecule has 0 radical (unpaired) electrons. The second-order valence-electron chi connectivity index (χ2n) is 7.16. The second-order valence-corrected chi connectivity index (χ2v) is 7.16. The summed E-state index contributed by atoms with van der Waals surface area (Å²) in [5.74, 6) is 0.613. The van der Waals surface area contributed by atoms with Crippen LogP contribution in [0.1, 0.15) is 62.4 Å². The van der Waals surface area contributed by atoms with Gasteiger partial charge in [-0.15, -0.1) is 6.58 Å². The predicted molar refractivity (Wildman–Crippen MR) is 111 cm³/mol. The van der Waals surface area contributed by atoms with E-state index in [1.165, 1.54) is 12.8 Å². The molecule has 0 aliphatic heterocycles. The van der Waals surface area contributed by atoms with Crippen LogP contribution in [0.5, 0.6) is 5.75 Å². The molecule has 1 rings (SSSR count). The van der Waals surface area contributed by atoms with Crippen molar-refractivity contribution in [1.82, 2.24) is 10.6 Å². The maximum absolute atomic E-state index is 12.3. The molecule has 0 aliphatic rings. The number of unbranched alkanes of at least 4 members (excludes halogenated alkanes) is 3. The van der Waals surface area contributed by atoms with Crippen LogP contribution in [0.25, 0.3) is 0 Å². The summed E-state index contributed by atoms with van der Waals surface area (Å²) in [5, 5.41) is 16.2. The largest absolute Gasteiger partial charge is 0.491 e. The highest BCUT2D eigenvalue weighted by molar-refractivity contribution is 5.94. The van der Waals surface area contributed by atoms with Crippen molar-refractivity contribution < 1.29 is 14.6 Å². The molecule has 1 amide bonds. The fourth-order valence-corrected chi connectivity index (χ4v) is 2.65. The molecule has 0 bridgehead atoms. The normalized spacial score (nSPS) is 12.0.